The van der Waals surface area contributed by atoms with Gasteiger partial charge in [0.25, 0.3) is 5.91 Å². The number of nitro benzene ring substituents is 1. The molecule has 3 aromatic rings. The van der Waals surface area contributed by atoms with Crippen molar-refractivity contribution >= 4 is 74.8 Å². The van der Waals surface area contributed by atoms with Crippen LogP contribution in [0, 0.1) is 19.5 Å². The van der Waals surface area contributed by atoms with Crippen LogP contribution in [0.2, 0.25) is 5.02 Å². The average molecular weight is 766 g/mol. The summed E-state index contributed by atoms with van der Waals surface area (Å²) in [6.07, 6.45) is 1.53. The minimum absolute atomic E-state index is 0. The van der Waals surface area contributed by atoms with Crippen LogP contribution in [0.3, 0.4) is 0 Å². The summed E-state index contributed by atoms with van der Waals surface area (Å²) in [5.74, 6) is -1.30. The van der Waals surface area contributed by atoms with E-state index in [9.17, 15) is 19.7 Å². The molecule has 3 rings (SSSR count). The topological polar surface area (TPSA) is 105 Å². The molecule has 0 unspecified atom stereocenters. The summed E-state index contributed by atoms with van der Waals surface area (Å²) >= 11 is 8.25. The Morgan fingerprint density at radius 3 is 2.29 bits per heavy atom. The minimum Gasteiger partial charge on any atom is -0.404 e. The molecule has 0 heterocycles. The number of carbonyl (C=O) groups is 1. The second-order valence-corrected chi connectivity index (χ2v) is 8.67. The van der Waals surface area contributed by atoms with Crippen LogP contribution in [0.4, 0.5) is 32.8 Å². The third-order valence-electron chi connectivity index (χ3n) is 4.55. The van der Waals surface area contributed by atoms with E-state index in [1.54, 1.807) is 32.3 Å². The molecule has 0 bridgehead atoms. The number of anilines is 4. The van der Waals surface area contributed by atoms with Gasteiger partial charge in [-0.25, -0.2) is 4.39 Å². The van der Waals surface area contributed by atoms with Crippen LogP contribution in [0.1, 0.15) is 15.9 Å². The van der Waals surface area contributed by atoms with Gasteiger partial charge in [-0.1, -0.05) is 17.7 Å². The quantitative estimate of drug-likeness (QED) is 0.140. The molecule has 0 radical (unpaired) electrons. The Morgan fingerprint density at radius 2 is 1.76 bits per heavy atom. The van der Waals surface area contributed by atoms with Crippen molar-refractivity contribution in [2.75, 3.05) is 24.7 Å². The number of nitro groups is 1. The van der Waals surface area contributed by atoms with Gasteiger partial charge >= 0.3 is 21.1 Å². The fourth-order valence-electron chi connectivity index (χ4n) is 2.93. The summed E-state index contributed by atoms with van der Waals surface area (Å²) < 4.78 is 16.4. The van der Waals surface area contributed by atoms with Gasteiger partial charge in [-0.3, -0.25) is 14.9 Å². The van der Waals surface area contributed by atoms with Crippen LogP contribution in [-0.4, -0.2) is 36.1 Å². The zero-order chi connectivity index (χ0) is 24.3. The van der Waals surface area contributed by atoms with Crippen LogP contribution < -0.4 is 10.6 Å². The normalized spacial score (nSPS) is 10.1. The number of hydrogen-bond donors (Lipinski definition) is 2. The predicted octanol–water partition coefficient (Wildman–Crippen LogP) is 5.64. The number of carbonyl (C=O) groups excluding carboxylic acids is 2. The van der Waals surface area contributed by atoms with Gasteiger partial charge in [0.05, 0.1) is 16.2 Å². The van der Waals surface area contributed by atoms with E-state index >= 15 is 4.39 Å². The molecule has 0 atom stereocenters. The summed E-state index contributed by atoms with van der Waals surface area (Å²) in [4.78, 5) is 35.7. The van der Waals surface area contributed by atoms with Gasteiger partial charge in [0.15, 0.2) is 0 Å². The molecule has 0 aromatic heterocycles. The Bertz CT molecular complexity index is 1260. The van der Waals surface area contributed by atoms with Crippen molar-refractivity contribution < 1.29 is 40.0 Å². The molecular formula is C22H16ClFIN4O4W+. The van der Waals surface area contributed by atoms with Crippen molar-refractivity contribution in [3.05, 3.63) is 84.2 Å². The first kappa shape index (κ1) is 27.7. The van der Waals surface area contributed by atoms with Crippen LogP contribution in [-0.2, 0) is 25.9 Å². The molecule has 0 aliphatic carbocycles. The molecule has 8 nitrogen and oxygen atoms in total. The Morgan fingerprint density at radius 1 is 1.12 bits per heavy atom. The molecule has 0 saturated heterocycles. The van der Waals surface area contributed by atoms with E-state index in [1.165, 1.54) is 35.5 Å². The Kier molecular flexibility index (Phi) is 9.54. The van der Waals surface area contributed by atoms with Crippen LogP contribution >= 0.6 is 34.2 Å². The molecule has 3 aromatic carbocycles. The zero-order valence-corrected chi connectivity index (χ0v) is 23.5. The molecule has 0 saturated carbocycles. The number of benzene rings is 3. The number of hydrogen-bond acceptors (Lipinski definition) is 6. The van der Waals surface area contributed by atoms with Gasteiger partial charge in [-0.05, 0) is 70.7 Å². The van der Waals surface area contributed by atoms with Crippen LogP contribution in [0.25, 0.3) is 0 Å². The van der Waals surface area contributed by atoms with Crippen LogP contribution in [0.5, 0.6) is 0 Å². The zero-order valence-electron chi connectivity index (χ0n) is 17.7. The third kappa shape index (κ3) is 6.11. The van der Waals surface area contributed by atoms with Crippen LogP contribution in [0.15, 0.2) is 48.5 Å². The van der Waals surface area contributed by atoms with E-state index in [2.05, 4.69) is 33.2 Å². The number of amides is 1. The monoisotopic (exact) mass is 765 g/mol. The number of halogens is 3. The molecule has 0 spiro atoms. The maximum Gasteiger partial charge on any atom is 2.00 e. The minimum atomic E-state index is -1.06. The number of rotatable bonds is 7. The van der Waals surface area contributed by atoms with Crippen molar-refractivity contribution in [1.29, 1.82) is 0 Å². The maximum absolute atomic E-state index is 15.5. The van der Waals surface area contributed by atoms with Gasteiger partial charge in [0, 0.05) is 34.6 Å². The van der Waals surface area contributed by atoms with Gasteiger partial charge < -0.3 is 20.3 Å². The van der Waals surface area contributed by atoms with E-state index in [0.717, 1.165) is 9.64 Å². The smallest absolute Gasteiger partial charge is 0.404 e. The maximum atomic E-state index is 15.5. The Hall–Kier alpha value is -2.56. The Balaban J connectivity index is 0.00000408. The molecule has 0 aliphatic rings. The second-order valence-electron chi connectivity index (χ2n) is 7.02. The van der Waals surface area contributed by atoms with Crippen molar-refractivity contribution in [3.8, 4) is 0 Å². The van der Waals surface area contributed by atoms with Crippen molar-refractivity contribution in [2.45, 2.75) is 0 Å². The SMILES string of the molecule is CN(C)C(=O)c1ccc(Nc2c([N+](=O)[O-])cc([C-]=O)c(Nc3ccc(I)cc3Cl)c2F)cc1.[W+2]. The summed E-state index contributed by atoms with van der Waals surface area (Å²) in [5, 5.41) is 17.3. The summed E-state index contributed by atoms with van der Waals surface area (Å²) in [7, 11) is 3.21. The summed E-state index contributed by atoms with van der Waals surface area (Å²) in [5.41, 5.74) is -0.811. The van der Waals surface area contributed by atoms with E-state index < -0.39 is 22.1 Å². The second kappa shape index (κ2) is 11.7. The molecule has 2 N–H and O–H groups in total. The molecule has 34 heavy (non-hydrogen) atoms. The first-order chi connectivity index (χ1) is 15.6. The summed E-state index contributed by atoms with van der Waals surface area (Å²) in [6, 6.07) is 11.9. The first-order valence-electron chi connectivity index (χ1n) is 9.32. The third-order valence-corrected chi connectivity index (χ3v) is 5.53. The molecule has 0 aliphatic heterocycles. The number of nitrogens with zero attached hydrogens (tertiary/aromatic N) is 2. The van der Waals surface area contributed by atoms with E-state index in [-0.39, 0.29) is 43.2 Å². The van der Waals surface area contributed by atoms with Gasteiger partial charge in [-0.2, -0.15) is 0 Å². The number of nitrogens with one attached hydrogen (secondary N) is 2. The fourth-order valence-corrected chi connectivity index (χ4v) is 3.83. The first-order valence-corrected chi connectivity index (χ1v) is 10.8. The fraction of sp³-hybridized carbons (Fsp3) is 0.0909. The standard InChI is InChI=1S/C22H16ClFIN4O4.W/c1-28(2)22(31)12-3-6-15(7-4-12)26-21-18(29(32)33)9-13(11-30)20(19(21)24)27-17-8-5-14(25)10-16(17)23;/h3-10,26-27H,1-2H3;/q-1;+2. The average Bonchev–Trinajstić information content (AvgIpc) is 2.77. The van der Waals surface area contributed by atoms with Crippen molar-refractivity contribution in [1.82, 2.24) is 4.90 Å². The molecule has 174 valence electrons. The van der Waals surface area contributed by atoms with Gasteiger partial charge in [0.1, 0.15) is 11.5 Å². The van der Waals surface area contributed by atoms with E-state index in [1.807, 2.05) is 0 Å². The van der Waals surface area contributed by atoms with E-state index in [4.69, 9.17) is 11.6 Å². The predicted molar refractivity (Wildman–Crippen MR) is 133 cm³/mol. The Labute approximate surface area is 227 Å². The molecule has 1 amide bonds. The largest absolute Gasteiger partial charge is 2.00 e. The van der Waals surface area contributed by atoms with Crippen molar-refractivity contribution in [2.24, 2.45) is 0 Å². The van der Waals surface area contributed by atoms with Gasteiger partial charge in [-0.15, -0.1) is 5.56 Å². The summed E-state index contributed by atoms with van der Waals surface area (Å²) in [6.45, 7) is 0. The van der Waals surface area contributed by atoms with Gasteiger partial charge in [0.2, 0.25) is 5.69 Å². The van der Waals surface area contributed by atoms with E-state index in [0.29, 0.717) is 16.9 Å². The molecular weight excluding hydrogens is 749 g/mol. The molecule has 0 fully saturated rings. The van der Waals surface area contributed by atoms with Crippen molar-refractivity contribution in [3.63, 3.8) is 0 Å². The molecule has 12 heteroatoms.